The molecule has 1 aliphatic heterocycles. The number of hydrogen-bond acceptors (Lipinski definition) is 2. The number of nitrogens with one attached hydrogen (secondary N) is 1. The zero-order chi connectivity index (χ0) is 15.7. The average Bonchev–Trinajstić information content (AvgIpc) is 3.34. The van der Waals surface area contributed by atoms with E-state index in [0.29, 0.717) is 13.1 Å². The second-order valence-electron chi connectivity index (χ2n) is 5.99. The molecular weight excluding hydrogens is 412 g/mol. The van der Waals surface area contributed by atoms with Gasteiger partial charge in [0.05, 0.1) is 5.69 Å². The molecule has 2 amide bonds. The predicted octanol–water partition coefficient (Wildman–Crippen LogP) is 3.80. The summed E-state index contributed by atoms with van der Waals surface area (Å²) in [5.41, 5.74) is 0.782. The van der Waals surface area contributed by atoms with Gasteiger partial charge in [-0.05, 0) is 59.8 Å². The van der Waals surface area contributed by atoms with E-state index in [0.717, 1.165) is 40.3 Å². The Hall–Kier alpha value is -0.880. The topological polar surface area (TPSA) is 49.4 Å². The van der Waals surface area contributed by atoms with Gasteiger partial charge in [0.2, 0.25) is 11.8 Å². The Labute approximate surface area is 146 Å². The van der Waals surface area contributed by atoms with E-state index in [9.17, 15) is 9.59 Å². The molecule has 1 heterocycles. The minimum atomic E-state index is -0.0150. The maximum absolute atomic E-state index is 12.4. The number of amides is 2. The van der Waals surface area contributed by atoms with Gasteiger partial charge in [0, 0.05) is 33.9 Å². The van der Waals surface area contributed by atoms with Crippen molar-refractivity contribution in [2.45, 2.75) is 25.7 Å². The molecule has 22 heavy (non-hydrogen) atoms. The largest absolute Gasteiger partial charge is 0.342 e. The van der Waals surface area contributed by atoms with Gasteiger partial charge in [-0.3, -0.25) is 9.59 Å². The standard InChI is InChI=1S/C16H18Br2N2O2/c17-12-3-4-14(13(18)9-12)19-15(21)10-5-7-20(8-6-10)16(22)11-1-2-11/h3-4,9-11H,1-2,5-8H2,(H,19,21). The van der Waals surface area contributed by atoms with E-state index in [1.165, 1.54) is 0 Å². The van der Waals surface area contributed by atoms with Crippen molar-refractivity contribution in [1.82, 2.24) is 4.90 Å². The lowest BCUT2D eigenvalue weighted by atomic mass is 9.95. The van der Waals surface area contributed by atoms with Gasteiger partial charge < -0.3 is 10.2 Å². The van der Waals surface area contributed by atoms with E-state index in [4.69, 9.17) is 0 Å². The minimum absolute atomic E-state index is 0.0150. The molecule has 1 aromatic rings. The zero-order valence-corrected chi connectivity index (χ0v) is 15.3. The highest BCUT2D eigenvalue weighted by atomic mass is 79.9. The number of rotatable bonds is 3. The molecule has 1 aromatic carbocycles. The lowest BCUT2D eigenvalue weighted by molar-refractivity contribution is -0.135. The zero-order valence-electron chi connectivity index (χ0n) is 12.1. The summed E-state index contributed by atoms with van der Waals surface area (Å²) in [5, 5.41) is 2.98. The quantitative estimate of drug-likeness (QED) is 0.794. The van der Waals surface area contributed by atoms with Crippen molar-refractivity contribution >= 4 is 49.4 Å². The number of anilines is 1. The number of carbonyl (C=O) groups is 2. The molecule has 0 aromatic heterocycles. The summed E-state index contributed by atoms with van der Waals surface area (Å²) in [6, 6.07) is 5.68. The van der Waals surface area contributed by atoms with Gasteiger partial charge in [-0.2, -0.15) is 0 Å². The van der Waals surface area contributed by atoms with Crippen LogP contribution in [0, 0.1) is 11.8 Å². The van der Waals surface area contributed by atoms with Crippen LogP contribution in [-0.2, 0) is 9.59 Å². The van der Waals surface area contributed by atoms with Gasteiger partial charge in [0.15, 0.2) is 0 Å². The van der Waals surface area contributed by atoms with Crippen molar-refractivity contribution in [2.75, 3.05) is 18.4 Å². The van der Waals surface area contributed by atoms with Crippen LogP contribution < -0.4 is 5.32 Å². The minimum Gasteiger partial charge on any atom is -0.342 e. The van der Waals surface area contributed by atoms with Crippen molar-refractivity contribution < 1.29 is 9.59 Å². The van der Waals surface area contributed by atoms with Crippen LogP contribution in [0.25, 0.3) is 0 Å². The number of hydrogen-bond donors (Lipinski definition) is 1. The average molecular weight is 430 g/mol. The van der Waals surface area contributed by atoms with Crippen molar-refractivity contribution in [1.29, 1.82) is 0 Å². The maximum atomic E-state index is 12.4. The SMILES string of the molecule is O=C(Nc1ccc(Br)cc1Br)C1CCN(C(=O)C2CC2)CC1. The Morgan fingerprint density at radius 3 is 2.32 bits per heavy atom. The molecule has 2 aliphatic rings. The maximum Gasteiger partial charge on any atom is 0.227 e. The number of nitrogens with zero attached hydrogens (tertiary/aromatic N) is 1. The van der Waals surface area contributed by atoms with Gasteiger partial charge >= 0.3 is 0 Å². The normalized spacial score (nSPS) is 19.1. The molecule has 0 radical (unpaired) electrons. The fourth-order valence-electron chi connectivity index (χ4n) is 2.78. The van der Waals surface area contributed by atoms with Gasteiger partial charge in [-0.25, -0.2) is 0 Å². The monoisotopic (exact) mass is 428 g/mol. The van der Waals surface area contributed by atoms with Crippen molar-refractivity contribution in [3.05, 3.63) is 27.1 Å². The van der Waals surface area contributed by atoms with E-state index in [2.05, 4.69) is 37.2 Å². The number of piperidine rings is 1. The Morgan fingerprint density at radius 2 is 1.73 bits per heavy atom. The molecule has 0 atom stereocenters. The van der Waals surface area contributed by atoms with E-state index in [1.807, 2.05) is 23.1 Å². The Bertz CT molecular complexity index is 594. The number of benzene rings is 1. The Kier molecular flexibility index (Phi) is 4.88. The van der Waals surface area contributed by atoms with Gasteiger partial charge in [0.25, 0.3) is 0 Å². The molecule has 0 spiro atoms. The van der Waals surface area contributed by atoms with Crippen molar-refractivity contribution in [3.8, 4) is 0 Å². The summed E-state index contributed by atoms with van der Waals surface area (Å²) >= 11 is 6.85. The van der Waals surface area contributed by atoms with E-state index in [1.54, 1.807) is 0 Å². The van der Waals surface area contributed by atoms with Crippen LogP contribution in [-0.4, -0.2) is 29.8 Å². The van der Waals surface area contributed by atoms with Crippen molar-refractivity contribution in [3.63, 3.8) is 0 Å². The summed E-state index contributed by atoms with van der Waals surface area (Å²) in [4.78, 5) is 26.3. The van der Waals surface area contributed by atoms with E-state index < -0.39 is 0 Å². The third-order valence-corrected chi connectivity index (χ3v) is 5.44. The van der Waals surface area contributed by atoms with E-state index >= 15 is 0 Å². The van der Waals surface area contributed by atoms with Crippen LogP contribution in [0.3, 0.4) is 0 Å². The van der Waals surface area contributed by atoms with Crippen molar-refractivity contribution in [2.24, 2.45) is 11.8 Å². The third kappa shape index (κ3) is 3.71. The van der Waals surface area contributed by atoms with Gasteiger partial charge in [-0.1, -0.05) is 15.9 Å². The molecule has 118 valence electrons. The van der Waals surface area contributed by atoms with Crippen LogP contribution in [0.1, 0.15) is 25.7 Å². The molecule has 4 nitrogen and oxygen atoms in total. The lowest BCUT2D eigenvalue weighted by Crippen LogP contribution is -2.42. The summed E-state index contributed by atoms with van der Waals surface area (Å²) in [6.07, 6.45) is 3.57. The smallest absolute Gasteiger partial charge is 0.227 e. The Morgan fingerprint density at radius 1 is 1.05 bits per heavy atom. The predicted molar refractivity (Wildman–Crippen MR) is 92.5 cm³/mol. The van der Waals surface area contributed by atoms with Crippen LogP contribution in [0.5, 0.6) is 0 Å². The number of likely N-dealkylation sites (tertiary alicyclic amines) is 1. The molecule has 1 aliphatic carbocycles. The van der Waals surface area contributed by atoms with Gasteiger partial charge in [-0.15, -0.1) is 0 Å². The van der Waals surface area contributed by atoms with E-state index in [-0.39, 0.29) is 23.7 Å². The lowest BCUT2D eigenvalue weighted by Gasteiger charge is -2.31. The summed E-state index contributed by atoms with van der Waals surface area (Å²) in [5.74, 6) is 0.582. The molecule has 6 heteroatoms. The fourth-order valence-corrected chi connectivity index (χ4v) is 3.92. The summed E-state index contributed by atoms with van der Waals surface area (Å²) in [6.45, 7) is 1.41. The first-order valence-electron chi connectivity index (χ1n) is 7.59. The molecule has 1 saturated heterocycles. The Balaban J connectivity index is 1.54. The number of carbonyl (C=O) groups excluding carboxylic acids is 2. The van der Waals surface area contributed by atoms with Crippen LogP contribution in [0.15, 0.2) is 27.1 Å². The highest BCUT2D eigenvalue weighted by Crippen LogP contribution is 2.33. The first kappa shape index (κ1) is 16.0. The summed E-state index contributed by atoms with van der Waals surface area (Å²) in [7, 11) is 0. The van der Waals surface area contributed by atoms with Crippen LogP contribution in [0.2, 0.25) is 0 Å². The molecule has 1 saturated carbocycles. The first-order valence-corrected chi connectivity index (χ1v) is 9.18. The second-order valence-corrected chi connectivity index (χ2v) is 7.76. The second kappa shape index (κ2) is 6.71. The molecule has 1 N–H and O–H groups in total. The summed E-state index contributed by atoms with van der Waals surface area (Å²) < 4.78 is 1.82. The fraction of sp³-hybridized carbons (Fsp3) is 0.500. The highest BCUT2D eigenvalue weighted by molar-refractivity contribution is 9.11. The molecule has 0 unspecified atom stereocenters. The first-order chi connectivity index (χ1) is 10.5. The molecule has 3 rings (SSSR count). The molecular formula is C16H18Br2N2O2. The number of halogens is 2. The van der Waals surface area contributed by atoms with Gasteiger partial charge in [0.1, 0.15) is 0 Å². The highest BCUT2D eigenvalue weighted by Gasteiger charge is 2.35. The molecule has 2 fully saturated rings. The molecule has 0 bridgehead atoms. The third-order valence-electron chi connectivity index (χ3n) is 4.29. The van der Waals surface area contributed by atoms with Crippen LogP contribution >= 0.6 is 31.9 Å². The van der Waals surface area contributed by atoms with Crippen LogP contribution in [0.4, 0.5) is 5.69 Å².